The predicted molar refractivity (Wildman–Crippen MR) is 94.2 cm³/mol. The second kappa shape index (κ2) is 6.93. The molecule has 1 atom stereocenters. The highest BCUT2D eigenvalue weighted by molar-refractivity contribution is 5.74. The maximum absolute atomic E-state index is 12.8. The molecule has 0 fully saturated rings. The van der Waals surface area contributed by atoms with Gasteiger partial charge in [0.25, 0.3) is 0 Å². The van der Waals surface area contributed by atoms with Gasteiger partial charge in [0.05, 0.1) is 13.7 Å². The van der Waals surface area contributed by atoms with Gasteiger partial charge in [-0.3, -0.25) is 4.57 Å². The van der Waals surface area contributed by atoms with E-state index < -0.39 is 11.6 Å². The predicted octanol–water partition coefficient (Wildman–Crippen LogP) is 1.72. The van der Waals surface area contributed by atoms with Crippen LogP contribution in [0, 0.1) is 0 Å². The highest BCUT2D eigenvalue weighted by Gasteiger charge is 2.33. The van der Waals surface area contributed by atoms with Crippen molar-refractivity contribution >= 4 is 5.97 Å². The molecule has 2 aromatic rings. The van der Waals surface area contributed by atoms with Crippen molar-refractivity contribution in [3.8, 4) is 5.88 Å². The van der Waals surface area contributed by atoms with Crippen LogP contribution in [0.3, 0.4) is 0 Å². The zero-order chi connectivity index (χ0) is 18.9. The van der Waals surface area contributed by atoms with Crippen LogP contribution in [0.2, 0.25) is 0 Å². The van der Waals surface area contributed by atoms with E-state index in [2.05, 4.69) is 10.1 Å². The molecule has 8 nitrogen and oxygen atoms in total. The number of esters is 1. The molecule has 0 amide bonds. The minimum Gasteiger partial charge on any atom is -0.481 e. The topological polar surface area (TPSA) is 88.2 Å². The molecule has 1 aliphatic rings. The first-order chi connectivity index (χ1) is 12.3. The maximum atomic E-state index is 12.8. The van der Waals surface area contributed by atoms with Crippen molar-refractivity contribution in [3.05, 3.63) is 40.2 Å². The molecule has 0 aliphatic carbocycles. The van der Waals surface area contributed by atoms with Crippen LogP contribution in [0.25, 0.3) is 0 Å². The minimum absolute atomic E-state index is 0.289. The average molecular weight is 360 g/mol. The fraction of sp³-hybridized carbons (Fsp3) is 0.556. The standard InChI is InChI=1S/C18H24N4O4/c1-18(2,3)26-16(23)13-6-5-7-14-20-21(17(24)22(13)14)11-12-8-9-15(25-4)19-10-12/h8-10,13H,5-7,11H2,1-4H3/t13-/m0/s1. The summed E-state index contributed by atoms with van der Waals surface area (Å²) in [6, 6.07) is 2.95. The SMILES string of the molecule is COc1ccc(Cn2nc3n(c2=O)[C@H](C(=O)OC(C)(C)C)CCC3)cn1. The van der Waals surface area contributed by atoms with E-state index in [-0.39, 0.29) is 18.2 Å². The lowest BCUT2D eigenvalue weighted by Gasteiger charge is -2.26. The van der Waals surface area contributed by atoms with Crippen LogP contribution in [0.4, 0.5) is 0 Å². The number of fused-ring (bicyclic) bond motifs is 1. The normalized spacial score (nSPS) is 16.8. The van der Waals surface area contributed by atoms with E-state index in [9.17, 15) is 9.59 Å². The zero-order valence-electron chi connectivity index (χ0n) is 15.6. The van der Waals surface area contributed by atoms with E-state index in [4.69, 9.17) is 9.47 Å². The number of ether oxygens (including phenoxy) is 2. The summed E-state index contributed by atoms with van der Waals surface area (Å²) in [6.07, 6.45) is 3.69. The van der Waals surface area contributed by atoms with Gasteiger partial charge < -0.3 is 9.47 Å². The average Bonchev–Trinajstić information content (AvgIpc) is 2.90. The fourth-order valence-electron chi connectivity index (χ4n) is 3.03. The number of carbonyl (C=O) groups excluding carboxylic acids is 1. The van der Waals surface area contributed by atoms with Crippen LogP contribution in [0.1, 0.15) is 51.0 Å². The van der Waals surface area contributed by atoms with E-state index in [0.29, 0.717) is 24.5 Å². The van der Waals surface area contributed by atoms with Crippen LogP contribution >= 0.6 is 0 Å². The molecule has 1 aliphatic heterocycles. The Morgan fingerprint density at radius 2 is 2.12 bits per heavy atom. The van der Waals surface area contributed by atoms with Gasteiger partial charge in [0, 0.05) is 18.7 Å². The lowest BCUT2D eigenvalue weighted by molar-refractivity contribution is -0.159. The first kappa shape index (κ1) is 18.2. The number of methoxy groups -OCH3 is 1. The lowest BCUT2D eigenvalue weighted by atomic mass is 10.0. The zero-order valence-corrected chi connectivity index (χ0v) is 15.6. The number of hydrogen-bond acceptors (Lipinski definition) is 6. The Hall–Kier alpha value is -2.64. The van der Waals surface area contributed by atoms with Gasteiger partial charge in [-0.05, 0) is 39.2 Å². The van der Waals surface area contributed by atoms with Gasteiger partial charge in [-0.2, -0.15) is 5.10 Å². The van der Waals surface area contributed by atoms with Crippen LogP contribution in [-0.4, -0.2) is 38.0 Å². The molecule has 8 heteroatoms. The summed E-state index contributed by atoms with van der Waals surface area (Å²) in [5.74, 6) is 0.750. The van der Waals surface area contributed by atoms with Crippen LogP contribution < -0.4 is 10.4 Å². The Balaban J connectivity index is 1.87. The van der Waals surface area contributed by atoms with Crippen molar-refractivity contribution in [3.63, 3.8) is 0 Å². The lowest BCUT2D eigenvalue weighted by Crippen LogP contribution is -2.38. The van der Waals surface area contributed by atoms with Gasteiger partial charge in [-0.15, -0.1) is 0 Å². The van der Waals surface area contributed by atoms with Crippen molar-refractivity contribution in [2.75, 3.05) is 7.11 Å². The summed E-state index contributed by atoms with van der Waals surface area (Å²) < 4.78 is 13.4. The molecule has 0 aromatic carbocycles. The van der Waals surface area contributed by atoms with Gasteiger partial charge in [0.15, 0.2) is 0 Å². The number of carbonyl (C=O) groups is 1. The third kappa shape index (κ3) is 3.79. The van der Waals surface area contributed by atoms with Crippen molar-refractivity contribution in [2.45, 2.75) is 58.2 Å². The largest absolute Gasteiger partial charge is 0.481 e. The number of rotatable bonds is 4. The van der Waals surface area contributed by atoms with E-state index in [1.54, 1.807) is 19.4 Å². The minimum atomic E-state index is -0.617. The molecule has 3 heterocycles. The van der Waals surface area contributed by atoms with E-state index >= 15 is 0 Å². The summed E-state index contributed by atoms with van der Waals surface area (Å²) in [4.78, 5) is 29.5. The molecule has 0 saturated heterocycles. The smallest absolute Gasteiger partial charge is 0.347 e. The number of pyridine rings is 1. The van der Waals surface area contributed by atoms with Gasteiger partial charge >= 0.3 is 11.7 Å². The fourth-order valence-corrected chi connectivity index (χ4v) is 3.03. The summed E-state index contributed by atoms with van der Waals surface area (Å²) in [5, 5.41) is 4.42. The van der Waals surface area contributed by atoms with Crippen LogP contribution in [0.15, 0.2) is 23.1 Å². The summed E-state index contributed by atoms with van der Waals surface area (Å²) in [5.41, 5.74) is -0.0631. The second-order valence-corrected chi connectivity index (χ2v) is 7.38. The Bertz CT molecular complexity index is 846. The molecule has 0 spiro atoms. The first-order valence-electron chi connectivity index (χ1n) is 8.68. The van der Waals surface area contributed by atoms with Gasteiger partial charge in [0.1, 0.15) is 17.5 Å². The number of aromatic nitrogens is 4. The van der Waals surface area contributed by atoms with Crippen molar-refractivity contribution in [1.82, 2.24) is 19.3 Å². The summed E-state index contributed by atoms with van der Waals surface area (Å²) >= 11 is 0. The Morgan fingerprint density at radius 3 is 2.73 bits per heavy atom. The Labute approximate surface area is 151 Å². The first-order valence-corrected chi connectivity index (χ1v) is 8.68. The molecule has 0 radical (unpaired) electrons. The van der Waals surface area contributed by atoms with Gasteiger partial charge in [-0.1, -0.05) is 6.07 Å². The number of hydrogen-bond donors (Lipinski definition) is 0. The molecule has 2 aromatic heterocycles. The second-order valence-electron chi connectivity index (χ2n) is 7.38. The molecular formula is C18H24N4O4. The van der Waals surface area contributed by atoms with Crippen molar-refractivity contribution in [2.24, 2.45) is 0 Å². The third-order valence-electron chi connectivity index (χ3n) is 4.15. The quantitative estimate of drug-likeness (QED) is 0.772. The molecule has 0 saturated carbocycles. The van der Waals surface area contributed by atoms with E-state index in [1.807, 2.05) is 26.8 Å². The third-order valence-corrected chi connectivity index (χ3v) is 4.15. The van der Waals surface area contributed by atoms with E-state index in [0.717, 1.165) is 12.0 Å². The molecule has 0 unspecified atom stereocenters. The molecule has 140 valence electrons. The number of aryl methyl sites for hydroxylation is 1. The maximum Gasteiger partial charge on any atom is 0.347 e. The molecule has 0 N–H and O–H groups in total. The van der Waals surface area contributed by atoms with E-state index in [1.165, 1.54) is 9.25 Å². The molecule has 26 heavy (non-hydrogen) atoms. The Morgan fingerprint density at radius 1 is 1.35 bits per heavy atom. The van der Waals surface area contributed by atoms with Crippen LogP contribution in [-0.2, 0) is 22.5 Å². The van der Waals surface area contributed by atoms with Gasteiger partial charge in [0.2, 0.25) is 5.88 Å². The highest BCUT2D eigenvalue weighted by Crippen LogP contribution is 2.25. The molecule has 3 rings (SSSR count). The Kier molecular flexibility index (Phi) is 4.84. The van der Waals surface area contributed by atoms with Crippen molar-refractivity contribution < 1.29 is 14.3 Å². The van der Waals surface area contributed by atoms with Gasteiger partial charge in [-0.25, -0.2) is 19.3 Å². The van der Waals surface area contributed by atoms with Crippen LogP contribution in [0.5, 0.6) is 5.88 Å². The summed E-state index contributed by atoms with van der Waals surface area (Å²) in [7, 11) is 1.55. The summed E-state index contributed by atoms with van der Waals surface area (Å²) in [6.45, 7) is 5.74. The monoisotopic (exact) mass is 360 g/mol. The molecular weight excluding hydrogens is 336 g/mol. The molecule has 0 bridgehead atoms. The van der Waals surface area contributed by atoms with Crippen molar-refractivity contribution in [1.29, 1.82) is 0 Å². The highest BCUT2D eigenvalue weighted by atomic mass is 16.6. The number of nitrogens with zero attached hydrogens (tertiary/aromatic N) is 4.